The van der Waals surface area contributed by atoms with E-state index in [0.717, 1.165) is 18.3 Å². The van der Waals surface area contributed by atoms with Crippen LogP contribution in [-0.4, -0.2) is 45.1 Å². The van der Waals surface area contributed by atoms with E-state index < -0.39 is 6.03 Å². The van der Waals surface area contributed by atoms with Crippen molar-refractivity contribution in [1.29, 1.82) is 0 Å². The molecule has 7 heteroatoms. The summed E-state index contributed by atoms with van der Waals surface area (Å²) in [7, 11) is 0. The Morgan fingerprint density at radius 2 is 2.12 bits per heavy atom. The number of aromatic nitrogens is 3. The van der Waals surface area contributed by atoms with Crippen molar-refractivity contribution >= 4 is 6.03 Å². The van der Waals surface area contributed by atoms with Crippen LogP contribution >= 0.6 is 0 Å². The third kappa shape index (κ3) is 5.17. The number of hydrogen-bond donors (Lipinski definition) is 2. The normalized spacial score (nSPS) is 25.0. The maximum atomic E-state index is 10.7. The molecule has 2 aliphatic rings. The van der Waals surface area contributed by atoms with E-state index in [1.807, 2.05) is 10.9 Å². The van der Waals surface area contributed by atoms with Gasteiger partial charge < -0.3 is 16.0 Å². The van der Waals surface area contributed by atoms with Crippen LogP contribution in [0.3, 0.4) is 0 Å². The summed E-state index contributed by atoms with van der Waals surface area (Å²) >= 11 is 0. The Bertz CT molecular complexity index is 576. The Labute approximate surface area is 150 Å². The van der Waals surface area contributed by atoms with Crippen LogP contribution in [0.4, 0.5) is 4.79 Å². The van der Waals surface area contributed by atoms with Gasteiger partial charge in [-0.25, -0.2) is 4.79 Å². The first-order valence-electron chi connectivity index (χ1n) is 9.58. The molecule has 3 N–H and O–H groups in total. The zero-order valence-electron chi connectivity index (χ0n) is 15.6. The number of nitrogens with one attached hydrogen (secondary N) is 1. The molecule has 2 amide bonds. The maximum Gasteiger partial charge on any atom is 0.312 e. The first kappa shape index (κ1) is 18.2. The van der Waals surface area contributed by atoms with E-state index in [1.165, 1.54) is 51.6 Å². The van der Waals surface area contributed by atoms with Gasteiger partial charge in [0.05, 0.1) is 12.7 Å². The van der Waals surface area contributed by atoms with Crippen LogP contribution in [-0.2, 0) is 13.1 Å². The third-order valence-corrected chi connectivity index (χ3v) is 5.82. The van der Waals surface area contributed by atoms with Crippen molar-refractivity contribution in [1.82, 2.24) is 25.2 Å². The zero-order chi connectivity index (χ0) is 17.9. The fraction of sp³-hybridized carbons (Fsp3) is 0.833. The van der Waals surface area contributed by atoms with E-state index in [2.05, 4.69) is 34.4 Å². The summed E-state index contributed by atoms with van der Waals surface area (Å²) in [4.78, 5) is 13.5. The molecular formula is C18H32N6O. The quantitative estimate of drug-likeness (QED) is 0.853. The monoisotopic (exact) mass is 348 g/mol. The Morgan fingerprint density at radius 3 is 2.80 bits per heavy atom. The second kappa shape index (κ2) is 7.72. The van der Waals surface area contributed by atoms with Gasteiger partial charge in [-0.1, -0.05) is 25.5 Å². The molecule has 0 spiro atoms. The molecule has 1 aromatic rings. The number of likely N-dealkylation sites (tertiary alicyclic amines) is 1. The predicted molar refractivity (Wildman–Crippen MR) is 96.8 cm³/mol. The van der Waals surface area contributed by atoms with E-state index in [4.69, 9.17) is 5.73 Å². The van der Waals surface area contributed by atoms with Gasteiger partial charge in [-0.05, 0) is 56.5 Å². The molecule has 1 aromatic heterocycles. The summed E-state index contributed by atoms with van der Waals surface area (Å²) in [5, 5.41) is 10.8. The summed E-state index contributed by atoms with van der Waals surface area (Å²) < 4.78 is 1.90. The number of carbonyl (C=O) groups is 1. The number of urea groups is 1. The molecule has 1 aliphatic heterocycles. The summed E-state index contributed by atoms with van der Waals surface area (Å²) in [5.74, 6) is 0.659. The van der Waals surface area contributed by atoms with Crippen LogP contribution in [0.1, 0.15) is 58.1 Å². The number of piperidine rings is 1. The number of carbonyl (C=O) groups excluding carboxylic acids is 1. The highest BCUT2D eigenvalue weighted by Crippen LogP contribution is 2.38. The van der Waals surface area contributed by atoms with Gasteiger partial charge in [-0.3, -0.25) is 4.68 Å². The summed E-state index contributed by atoms with van der Waals surface area (Å²) in [6.45, 7) is 8.49. The molecule has 0 aromatic carbocycles. The molecule has 7 nitrogen and oxygen atoms in total. The molecule has 0 bridgehead atoms. The molecule has 1 saturated carbocycles. The molecular weight excluding hydrogens is 316 g/mol. The van der Waals surface area contributed by atoms with Gasteiger partial charge in [0.1, 0.15) is 5.69 Å². The predicted octanol–water partition coefficient (Wildman–Crippen LogP) is 2.13. The van der Waals surface area contributed by atoms with Crippen LogP contribution < -0.4 is 11.1 Å². The number of hydrogen-bond acceptors (Lipinski definition) is 4. The van der Waals surface area contributed by atoms with Crippen LogP contribution in [0, 0.1) is 11.3 Å². The van der Waals surface area contributed by atoms with Gasteiger partial charge in [0.15, 0.2) is 0 Å². The van der Waals surface area contributed by atoms with Crippen LogP contribution in [0.2, 0.25) is 0 Å². The van der Waals surface area contributed by atoms with Crippen molar-refractivity contribution in [2.45, 2.75) is 71.5 Å². The van der Waals surface area contributed by atoms with E-state index in [1.54, 1.807) is 0 Å². The lowest BCUT2D eigenvalue weighted by molar-refractivity contribution is 0.0620. The second-order valence-corrected chi connectivity index (χ2v) is 8.54. The summed E-state index contributed by atoms with van der Waals surface area (Å²) in [5.41, 5.74) is 6.34. The number of primary amides is 1. The van der Waals surface area contributed by atoms with Crippen molar-refractivity contribution in [2.75, 3.05) is 13.1 Å². The van der Waals surface area contributed by atoms with Gasteiger partial charge in [-0.15, -0.1) is 5.10 Å². The topological polar surface area (TPSA) is 89.1 Å². The Kier molecular flexibility index (Phi) is 5.61. The van der Waals surface area contributed by atoms with Crippen molar-refractivity contribution in [3.8, 4) is 0 Å². The number of rotatable bonds is 5. The molecule has 0 radical (unpaired) electrons. The van der Waals surface area contributed by atoms with Crippen molar-refractivity contribution in [2.24, 2.45) is 17.1 Å². The van der Waals surface area contributed by atoms with Gasteiger partial charge in [-0.2, -0.15) is 0 Å². The number of amides is 2. The van der Waals surface area contributed by atoms with E-state index in [0.29, 0.717) is 17.9 Å². The highest BCUT2D eigenvalue weighted by atomic mass is 16.2. The van der Waals surface area contributed by atoms with Crippen LogP contribution in [0.5, 0.6) is 0 Å². The van der Waals surface area contributed by atoms with Gasteiger partial charge in [0.25, 0.3) is 0 Å². The van der Waals surface area contributed by atoms with Crippen LogP contribution in [0.15, 0.2) is 6.20 Å². The standard InChI is InChI=1S/C18H32N6O/c1-18(2)7-3-4-16(10-18)23-8-5-14(6-9-23)12-24-13-15(21-22-24)11-20-17(19)25/h13-14,16H,3-12H2,1-2H3,(H3,19,20,25). The Hall–Kier alpha value is -1.63. The minimum Gasteiger partial charge on any atom is -0.352 e. The molecule has 2 fully saturated rings. The number of nitrogens with two attached hydrogens (primary N) is 1. The molecule has 25 heavy (non-hydrogen) atoms. The maximum absolute atomic E-state index is 10.7. The highest BCUT2D eigenvalue weighted by Gasteiger charge is 2.33. The Morgan fingerprint density at radius 1 is 1.36 bits per heavy atom. The SMILES string of the molecule is CC1(C)CCCC(N2CCC(Cn3cc(CNC(N)=O)nn3)CC2)C1. The lowest BCUT2D eigenvalue weighted by atomic mass is 9.74. The average Bonchev–Trinajstić information content (AvgIpc) is 3.00. The minimum atomic E-state index is -0.534. The summed E-state index contributed by atoms with van der Waals surface area (Å²) in [6.07, 6.45) is 9.82. The molecule has 1 unspecified atom stereocenters. The Balaban J connectivity index is 1.44. The molecule has 1 aliphatic carbocycles. The van der Waals surface area contributed by atoms with Gasteiger partial charge in [0, 0.05) is 12.6 Å². The first-order valence-corrected chi connectivity index (χ1v) is 9.58. The lowest BCUT2D eigenvalue weighted by Gasteiger charge is -2.44. The highest BCUT2D eigenvalue weighted by molar-refractivity contribution is 5.71. The van der Waals surface area contributed by atoms with Gasteiger partial charge >= 0.3 is 6.03 Å². The smallest absolute Gasteiger partial charge is 0.312 e. The summed E-state index contributed by atoms with van der Waals surface area (Å²) in [6, 6.07) is 0.246. The first-order chi connectivity index (χ1) is 11.9. The lowest BCUT2D eigenvalue weighted by Crippen LogP contribution is -2.45. The van der Waals surface area contributed by atoms with Gasteiger partial charge in [0.2, 0.25) is 0 Å². The van der Waals surface area contributed by atoms with E-state index in [-0.39, 0.29) is 0 Å². The fourth-order valence-electron chi connectivity index (χ4n) is 4.42. The molecule has 3 rings (SSSR count). The molecule has 1 saturated heterocycles. The van der Waals surface area contributed by atoms with Crippen molar-refractivity contribution < 1.29 is 4.79 Å². The van der Waals surface area contributed by atoms with E-state index >= 15 is 0 Å². The second-order valence-electron chi connectivity index (χ2n) is 8.54. The zero-order valence-corrected chi connectivity index (χ0v) is 15.6. The van der Waals surface area contributed by atoms with E-state index in [9.17, 15) is 4.79 Å². The number of nitrogens with zero attached hydrogens (tertiary/aromatic N) is 4. The third-order valence-electron chi connectivity index (χ3n) is 5.82. The molecule has 140 valence electrons. The molecule has 1 atom stereocenters. The fourth-order valence-corrected chi connectivity index (χ4v) is 4.42. The minimum absolute atomic E-state index is 0.339. The molecule has 2 heterocycles. The average molecular weight is 348 g/mol. The van der Waals surface area contributed by atoms with Crippen molar-refractivity contribution in [3.63, 3.8) is 0 Å². The van der Waals surface area contributed by atoms with Crippen LogP contribution in [0.25, 0.3) is 0 Å². The largest absolute Gasteiger partial charge is 0.352 e. The van der Waals surface area contributed by atoms with Crippen molar-refractivity contribution in [3.05, 3.63) is 11.9 Å².